The number of aromatic amines is 1. The van der Waals surface area contributed by atoms with Gasteiger partial charge >= 0.3 is 0 Å². The van der Waals surface area contributed by atoms with Gasteiger partial charge in [-0.3, -0.25) is 9.59 Å². The zero-order valence-electron chi connectivity index (χ0n) is 16.2. The second-order valence-corrected chi connectivity index (χ2v) is 7.95. The smallest absolute Gasteiger partial charge is 0.247 e. The van der Waals surface area contributed by atoms with Crippen LogP contribution < -0.4 is 10.6 Å². The highest BCUT2D eigenvalue weighted by Crippen LogP contribution is 2.44. The third kappa shape index (κ3) is 4.26. The molecule has 4 rings (SSSR count). The molecule has 2 saturated carbocycles. The van der Waals surface area contributed by atoms with Crippen molar-refractivity contribution >= 4 is 17.5 Å². The fourth-order valence-electron chi connectivity index (χ4n) is 3.85. The van der Waals surface area contributed by atoms with Gasteiger partial charge in [0.1, 0.15) is 17.4 Å². The van der Waals surface area contributed by atoms with E-state index in [2.05, 4.69) is 25.8 Å². The number of aryl methyl sites for hydroxylation is 1. The van der Waals surface area contributed by atoms with Gasteiger partial charge in [-0.2, -0.15) is 0 Å². The Bertz CT molecular complexity index is 819. The maximum Gasteiger partial charge on any atom is 0.247 e. The molecule has 0 aliphatic heterocycles. The monoisotopic (exact) mass is 385 g/mol. The summed E-state index contributed by atoms with van der Waals surface area (Å²) in [6.45, 7) is 1.81. The summed E-state index contributed by atoms with van der Waals surface area (Å²) in [5.41, 5.74) is 2.11. The van der Waals surface area contributed by atoms with E-state index in [1.165, 1.54) is 6.42 Å². The molecule has 2 heterocycles. The summed E-state index contributed by atoms with van der Waals surface area (Å²) in [4.78, 5) is 32.8. The number of aromatic nitrogens is 3. The first-order valence-electron chi connectivity index (χ1n) is 10.2. The molecule has 2 aliphatic rings. The predicted octanol–water partition coefficient (Wildman–Crippen LogP) is 2.83. The first kappa shape index (κ1) is 18.7. The van der Waals surface area contributed by atoms with Crippen LogP contribution in [0.1, 0.15) is 68.0 Å². The quantitative estimate of drug-likeness (QED) is 0.678. The van der Waals surface area contributed by atoms with Gasteiger partial charge < -0.3 is 20.1 Å². The van der Waals surface area contributed by atoms with E-state index in [-0.39, 0.29) is 17.7 Å². The minimum atomic E-state index is -0.684. The van der Waals surface area contributed by atoms with Crippen molar-refractivity contribution in [1.29, 1.82) is 0 Å². The van der Waals surface area contributed by atoms with E-state index >= 15 is 0 Å². The molecular weight excluding hydrogens is 358 g/mol. The van der Waals surface area contributed by atoms with Gasteiger partial charge in [-0.1, -0.05) is 24.4 Å². The molecule has 0 spiro atoms. The number of hydrogen-bond donors (Lipinski definition) is 3. The number of carbonyl (C=O) groups is 2. The van der Waals surface area contributed by atoms with Crippen LogP contribution in [0, 0.1) is 12.8 Å². The first-order chi connectivity index (χ1) is 13.6. The van der Waals surface area contributed by atoms with Crippen molar-refractivity contribution in [3.8, 4) is 0 Å². The molecule has 1 atom stereocenters. The van der Waals surface area contributed by atoms with Crippen molar-refractivity contribution in [1.82, 2.24) is 20.4 Å². The molecule has 0 radical (unpaired) electrons. The maximum atomic E-state index is 13.1. The summed E-state index contributed by atoms with van der Waals surface area (Å²) in [5, 5.41) is 9.94. The third-order valence-corrected chi connectivity index (χ3v) is 5.67. The standard InChI is InChI=1S/C20H27N5O3/c1-12-17(18(28-25-12)13-7-8-13)24-20(27)16(9-15-10-21-11-22-15)23-19(26)14-5-3-2-4-6-14/h10-11,13-14,16H,2-9H2,1H3,(H,21,22)(H,23,26)(H,24,27). The van der Waals surface area contributed by atoms with Crippen molar-refractivity contribution < 1.29 is 14.1 Å². The van der Waals surface area contributed by atoms with Crippen LogP contribution in [0.2, 0.25) is 0 Å². The Hall–Kier alpha value is -2.64. The Morgan fingerprint density at radius 2 is 2.04 bits per heavy atom. The van der Waals surface area contributed by atoms with Crippen LogP contribution in [0.15, 0.2) is 17.0 Å². The number of rotatable bonds is 7. The van der Waals surface area contributed by atoms with Crippen molar-refractivity contribution in [2.45, 2.75) is 70.3 Å². The van der Waals surface area contributed by atoms with Gasteiger partial charge in [0.25, 0.3) is 0 Å². The van der Waals surface area contributed by atoms with Crippen LogP contribution in [-0.4, -0.2) is 33.0 Å². The SMILES string of the molecule is Cc1noc(C2CC2)c1NC(=O)C(Cc1cnc[nH]1)NC(=O)C1CCCCC1. The summed E-state index contributed by atoms with van der Waals surface area (Å²) in [7, 11) is 0. The van der Waals surface area contributed by atoms with Crippen LogP contribution in [-0.2, 0) is 16.0 Å². The average molecular weight is 385 g/mol. The average Bonchev–Trinajstić information content (AvgIpc) is 3.30. The molecule has 8 nitrogen and oxygen atoms in total. The lowest BCUT2D eigenvalue weighted by Gasteiger charge is -2.24. The number of nitrogens with zero attached hydrogens (tertiary/aromatic N) is 2. The second-order valence-electron chi connectivity index (χ2n) is 7.95. The number of nitrogens with one attached hydrogen (secondary N) is 3. The summed E-state index contributed by atoms with van der Waals surface area (Å²) < 4.78 is 5.41. The molecule has 8 heteroatoms. The topological polar surface area (TPSA) is 113 Å². The molecule has 2 aromatic rings. The lowest BCUT2D eigenvalue weighted by atomic mass is 9.88. The Kier molecular flexibility index (Phi) is 5.45. The molecule has 2 amide bonds. The van der Waals surface area contributed by atoms with Crippen LogP contribution in [0.4, 0.5) is 5.69 Å². The number of hydrogen-bond acceptors (Lipinski definition) is 5. The van der Waals surface area contributed by atoms with Gasteiger partial charge in [0.15, 0.2) is 5.76 Å². The summed E-state index contributed by atoms with van der Waals surface area (Å²) in [5.74, 6) is 0.769. The van der Waals surface area contributed by atoms with E-state index in [4.69, 9.17) is 4.52 Å². The molecule has 2 aliphatic carbocycles. The van der Waals surface area contributed by atoms with Gasteiger partial charge in [0, 0.05) is 30.1 Å². The van der Waals surface area contributed by atoms with Crippen LogP contribution in [0.25, 0.3) is 0 Å². The Morgan fingerprint density at radius 3 is 2.71 bits per heavy atom. The highest BCUT2D eigenvalue weighted by atomic mass is 16.5. The molecular formula is C20H27N5O3. The number of amides is 2. The highest BCUT2D eigenvalue weighted by molar-refractivity contribution is 5.98. The molecule has 2 aromatic heterocycles. The molecule has 0 aromatic carbocycles. The highest BCUT2D eigenvalue weighted by Gasteiger charge is 2.34. The van der Waals surface area contributed by atoms with E-state index in [1.807, 2.05) is 6.92 Å². The van der Waals surface area contributed by atoms with Gasteiger partial charge in [0.05, 0.1) is 6.33 Å². The maximum absolute atomic E-state index is 13.1. The largest absolute Gasteiger partial charge is 0.359 e. The summed E-state index contributed by atoms with van der Waals surface area (Å²) in [6.07, 6.45) is 10.8. The van der Waals surface area contributed by atoms with E-state index in [9.17, 15) is 9.59 Å². The third-order valence-electron chi connectivity index (χ3n) is 5.67. The van der Waals surface area contributed by atoms with Crippen LogP contribution in [0.5, 0.6) is 0 Å². The summed E-state index contributed by atoms with van der Waals surface area (Å²) >= 11 is 0. The van der Waals surface area contributed by atoms with E-state index in [0.717, 1.165) is 50.0 Å². The zero-order valence-corrected chi connectivity index (χ0v) is 16.2. The molecule has 3 N–H and O–H groups in total. The normalized spacial score (nSPS) is 18.6. The minimum absolute atomic E-state index is 0.00910. The zero-order chi connectivity index (χ0) is 19.5. The number of anilines is 1. The van der Waals surface area contributed by atoms with Gasteiger partial charge in [-0.15, -0.1) is 0 Å². The fourth-order valence-corrected chi connectivity index (χ4v) is 3.85. The van der Waals surface area contributed by atoms with Gasteiger partial charge in [-0.25, -0.2) is 4.98 Å². The molecule has 1 unspecified atom stereocenters. The van der Waals surface area contributed by atoms with Crippen molar-refractivity contribution in [3.05, 3.63) is 29.7 Å². The van der Waals surface area contributed by atoms with Crippen LogP contribution >= 0.6 is 0 Å². The van der Waals surface area contributed by atoms with E-state index in [0.29, 0.717) is 23.7 Å². The van der Waals surface area contributed by atoms with E-state index in [1.54, 1.807) is 12.5 Å². The van der Waals surface area contributed by atoms with Crippen molar-refractivity contribution in [2.24, 2.45) is 5.92 Å². The minimum Gasteiger partial charge on any atom is -0.359 e. The Labute approximate surface area is 163 Å². The Morgan fingerprint density at radius 1 is 1.25 bits per heavy atom. The molecule has 150 valence electrons. The predicted molar refractivity (Wildman–Crippen MR) is 103 cm³/mol. The van der Waals surface area contributed by atoms with Gasteiger partial charge in [0.2, 0.25) is 11.8 Å². The first-order valence-corrected chi connectivity index (χ1v) is 10.2. The molecule has 0 saturated heterocycles. The second kappa shape index (κ2) is 8.16. The number of H-pyrrole nitrogens is 1. The van der Waals surface area contributed by atoms with Crippen LogP contribution in [0.3, 0.4) is 0 Å². The summed E-state index contributed by atoms with van der Waals surface area (Å²) in [6, 6.07) is -0.684. The van der Waals surface area contributed by atoms with Crippen molar-refractivity contribution in [3.63, 3.8) is 0 Å². The number of carbonyl (C=O) groups excluding carboxylic acids is 2. The lowest BCUT2D eigenvalue weighted by molar-refractivity contribution is -0.130. The molecule has 0 bridgehead atoms. The fraction of sp³-hybridized carbons (Fsp3) is 0.600. The molecule has 28 heavy (non-hydrogen) atoms. The van der Waals surface area contributed by atoms with Gasteiger partial charge in [-0.05, 0) is 32.6 Å². The van der Waals surface area contributed by atoms with Crippen molar-refractivity contribution in [2.75, 3.05) is 5.32 Å². The van der Waals surface area contributed by atoms with E-state index < -0.39 is 6.04 Å². The molecule has 2 fully saturated rings. The lowest BCUT2D eigenvalue weighted by Crippen LogP contribution is -2.47. The Balaban J connectivity index is 1.48. The number of imidazole rings is 1.